The lowest BCUT2D eigenvalue weighted by atomic mass is 10.3. The highest BCUT2D eigenvalue weighted by Gasteiger charge is 2.20. The van der Waals surface area contributed by atoms with Crippen LogP contribution in [0.15, 0.2) is 34.9 Å². The van der Waals surface area contributed by atoms with Gasteiger partial charge in [-0.05, 0) is 30.0 Å². The minimum atomic E-state index is 0.832. The quantitative estimate of drug-likeness (QED) is 0.683. The first-order valence-corrected chi connectivity index (χ1v) is 8.87. The van der Waals surface area contributed by atoms with Gasteiger partial charge in [0.05, 0.1) is 17.7 Å². The Morgan fingerprint density at radius 2 is 2.17 bits per heavy atom. The van der Waals surface area contributed by atoms with Crippen molar-refractivity contribution in [1.29, 1.82) is 0 Å². The molecule has 124 valence electrons. The highest BCUT2D eigenvalue weighted by Crippen LogP contribution is 2.22. The summed E-state index contributed by atoms with van der Waals surface area (Å²) in [6.45, 7) is 7.82. The van der Waals surface area contributed by atoms with Gasteiger partial charge in [-0.15, -0.1) is 11.3 Å². The van der Waals surface area contributed by atoms with Crippen LogP contribution in [0.25, 0.3) is 0 Å². The molecular weight excluding hydrogens is 308 g/mol. The van der Waals surface area contributed by atoms with Crippen LogP contribution in [0, 0.1) is 6.92 Å². The van der Waals surface area contributed by atoms with E-state index in [2.05, 4.69) is 55.8 Å². The fraction of sp³-hybridized carbons (Fsp3) is 0.500. The van der Waals surface area contributed by atoms with Crippen molar-refractivity contribution in [2.75, 3.05) is 44.7 Å². The van der Waals surface area contributed by atoms with Crippen LogP contribution in [0.4, 0.5) is 5.00 Å². The highest BCUT2D eigenvalue weighted by atomic mass is 32.1. The van der Waals surface area contributed by atoms with Gasteiger partial charge in [-0.3, -0.25) is 9.67 Å². The van der Waals surface area contributed by atoms with E-state index in [9.17, 15) is 0 Å². The number of aliphatic imine (C=N–C) groups is 1. The molecule has 0 unspecified atom stereocenters. The van der Waals surface area contributed by atoms with Crippen molar-refractivity contribution in [1.82, 2.24) is 20.0 Å². The maximum absolute atomic E-state index is 4.42. The van der Waals surface area contributed by atoms with Crippen LogP contribution >= 0.6 is 11.3 Å². The maximum atomic E-state index is 4.42. The number of anilines is 1. The van der Waals surface area contributed by atoms with E-state index in [1.807, 2.05) is 29.3 Å². The van der Waals surface area contributed by atoms with E-state index in [-0.39, 0.29) is 0 Å². The molecule has 6 nitrogen and oxygen atoms in total. The molecule has 3 rings (SSSR count). The van der Waals surface area contributed by atoms with Crippen molar-refractivity contribution in [2.24, 2.45) is 4.99 Å². The standard InChI is InChI=1S/C16H24N6S/c1-14-12-19-22(13-14)6-5-18-16(17-2)21-9-7-20(8-10-21)15-4-3-11-23-15/h3-4,11-13H,5-10H2,1-2H3,(H,17,18). The summed E-state index contributed by atoms with van der Waals surface area (Å²) in [5.41, 5.74) is 1.19. The summed E-state index contributed by atoms with van der Waals surface area (Å²) in [5, 5.41) is 11.3. The molecule has 23 heavy (non-hydrogen) atoms. The summed E-state index contributed by atoms with van der Waals surface area (Å²) in [6.07, 6.45) is 3.95. The molecule has 0 spiro atoms. The molecule has 7 heteroatoms. The minimum absolute atomic E-state index is 0.832. The number of nitrogens with zero attached hydrogens (tertiary/aromatic N) is 5. The molecule has 0 atom stereocenters. The minimum Gasteiger partial charge on any atom is -0.360 e. The molecule has 0 aliphatic carbocycles. The first-order chi connectivity index (χ1) is 11.3. The molecular formula is C16H24N6S. The number of hydrogen-bond donors (Lipinski definition) is 1. The molecule has 1 fully saturated rings. The largest absolute Gasteiger partial charge is 0.360 e. The molecule has 1 saturated heterocycles. The summed E-state index contributed by atoms with van der Waals surface area (Å²) in [6, 6.07) is 4.31. The van der Waals surface area contributed by atoms with Gasteiger partial charge in [0, 0.05) is 46.0 Å². The van der Waals surface area contributed by atoms with Crippen LogP contribution in [-0.4, -0.2) is 60.4 Å². The fourth-order valence-corrected chi connectivity index (χ4v) is 3.58. The average molecular weight is 332 g/mol. The van der Waals surface area contributed by atoms with Gasteiger partial charge in [-0.1, -0.05) is 0 Å². The number of hydrogen-bond acceptors (Lipinski definition) is 4. The van der Waals surface area contributed by atoms with Crippen LogP contribution in [0.1, 0.15) is 5.56 Å². The molecule has 2 aromatic heterocycles. The summed E-state index contributed by atoms with van der Waals surface area (Å²) >= 11 is 1.81. The number of guanidine groups is 1. The van der Waals surface area contributed by atoms with Crippen molar-refractivity contribution in [3.05, 3.63) is 35.5 Å². The van der Waals surface area contributed by atoms with Crippen LogP contribution in [0.5, 0.6) is 0 Å². The predicted molar refractivity (Wildman–Crippen MR) is 96.4 cm³/mol. The number of aromatic nitrogens is 2. The second-order valence-corrected chi connectivity index (χ2v) is 6.61. The lowest BCUT2D eigenvalue weighted by Gasteiger charge is -2.37. The van der Waals surface area contributed by atoms with Crippen molar-refractivity contribution in [3.63, 3.8) is 0 Å². The van der Waals surface area contributed by atoms with Crippen molar-refractivity contribution < 1.29 is 0 Å². The number of rotatable bonds is 4. The van der Waals surface area contributed by atoms with Gasteiger partial charge in [-0.2, -0.15) is 5.10 Å². The zero-order chi connectivity index (χ0) is 16.1. The van der Waals surface area contributed by atoms with E-state index in [4.69, 9.17) is 0 Å². The summed E-state index contributed by atoms with van der Waals surface area (Å²) < 4.78 is 1.96. The molecule has 0 aromatic carbocycles. The Kier molecular flexibility index (Phi) is 5.17. The molecule has 0 radical (unpaired) electrons. The van der Waals surface area contributed by atoms with Gasteiger partial charge in [0.2, 0.25) is 0 Å². The third kappa shape index (κ3) is 4.04. The lowest BCUT2D eigenvalue weighted by Crippen LogP contribution is -2.52. The monoisotopic (exact) mass is 332 g/mol. The van der Waals surface area contributed by atoms with Gasteiger partial charge >= 0.3 is 0 Å². The van der Waals surface area contributed by atoms with Crippen LogP contribution in [0.2, 0.25) is 0 Å². The molecule has 1 aliphatic heterocycles. The molecule has 1 N–H and O–H groups in total. The SMILES string of the molecule is CN=C(NCCn1cc(C)cn1)N1CCN(c2cccs2)CC1. The Hall–Kier alpha value is -2.02. The fourth-order valence-electron chi connectivity index (χ4n) is 2.79. The Balaban J connectivity index is 1.46. The molecule has 2 aromatic rings. The zero-order valence-electron chi connectivity index (χ0n) is 13.8. The summed E-state index contributed by atoms with van der Waals surface area (Å²) in [7, 11) is 1.85. The maximum Gasteiger partial charge on any atom is 0.193 e. The Bertz CT molecular complexity index is 625. The number of aryl methyl sites for hydroxylation is 1. The number of nitrogens with one attached hydrogen (secondary N) is 1. The van der Waals surface area contributed by atoms with E-state index in [0.717, 1.165) is 45.2 Å². The normalized spacial score (nSPS) is 16.0. The van der Waals surface area contributed by atoms with Crippen molar-refractivity contribution in [2.45, 2.75) is 13.5 Å². The van der Waals surface area contributed by atoms with Crippen LogP contribution < -0.4 is 10.2 Å². The topological polar surface area (TPSA) is 48.7 Å². The summed E-state index contributed by atoms with van der Waals surface area (Å²) in [5.74, 6) is 0.986. The number of piperazine rings is 1. The third-order valence-electron chi connectivity index (χ3n) is 4.00. The smallest absolute Gasteiger partial charge is 0.193 e. The Morgan fingerprint density at radius 3 is 2.78 bits per heavy atom. The molecule has 0 amide bonds. The van der Waals surface area contributed by atoms with E-state index >= 15 is 0 Å². The lowest BCUT2D eigenvalue weighted by molar-refractivity contribution is 0.372. The van der Waals surface area contributed by atoms with E-state index in [0.29, 0.717) is 0 Å². The average Bonchev–Trinajstić information content (AvgIpc) is 3.24. The highest BCUT2D eigenvalue weighted by molar-refractivity contribution is 7.14. The second-order valence-electron chi connectivity index (χ2n) is 5.68. The third-order valence-corrected chi connectivity index (χ3v) is 4.92. The van der Waals surface area contributed by atoms with Crippen LogP contribution in [-0.2, 0) is 6.54 Å². The predicted octanol–water partition coefficient (Wildman–Crippen LogP) is 1.65. The van der Waals surface area contributed by atoms with E-state index in [1.54, 1.807) is 0 Å². The number of thiophene rings is 1. The summed E-state index contributed by atoms with van der Waals surface area (Å²) in [4.78, 5) is 9.20. The van der Waals surface area contributed by atoms with Gasteiger partial charge in [-0.25, -0.2) is 0 Å². The van der Waals surface area contributed by atoms with Gasteiger partial charge in [0.1, 0.15) is 0 Å². The van der Waals surface area contributed by atoms with Crippen molar-refractivity contribution >= 4 is 22.3 Å². The molecule has 3 heterocycles. The molecule has 0 bridgehead atoms. The first kappa shape index (κ1) is 15.9. The van der Waals surface area contributed by atoms with E-state index < -0.39 is 0 Å². The Labute approximate surface area is 141 Å². The molecule has 1 aliphatic rings. The first-order valence-electron chi connectivity index (χ1n) is 7.99. The zero-order valence-corrected chi connectivity index (χ0v) is 14.6. The van der Waals surface area contributed by atoms with Gasteiger partial charge in [0.25, 0.3) is 0 Å². The van der Waals surface area contributed by atoms with Crippen molar-refractivity contribution in [3.8, 4) is 0 Å². The van der Waals surface area contributed by atoms with Gasteiger partial charge in [0.15, 0.2) is 5.96 Å². The second kappa shape index (κ2) is 7.50. The molecule has 0 saturated carbocycles. The van der Waals surface area contributed by atoms with Gasteiger partial charge < -0.3 is 15.1 Å². The van der Waals surface area contributed by atoms with Crippen LogP contribution in [0.3, 0.4) is 0 Å². The Morgan fingerprint density at radius 1 is 1.35 bits per heavy atom. The van der Waals surface area contributed by atoms with E-state index in [1.165, 1.54) is 10.6 Å².